The Labute approximate surface area is 155 Å². The number of hydrogen-bond acceptors (Lipinski definition) is 4. The zero-order valence-corrected chi connectivity index (χ0v) is 14.4. The van der Waals surface area contributed by atoms with Crippen molar-refractivity contribution >= 4 is 16.7 Å². The fourth-order valence-electron chi connectivity index (χ4n) is 3.16. The molecule has 1 atom stereocenters. The van der Waals surface area contributed by atoms with Crippen LogP contribution in [0, 0.1) is 10.1 Å². The Bertz CT molecular complexity index is 1090. The largest absolute Gasteiger partial charge is 0.380 e. The molecule has 0 spiro atoms. The van der Waals surface area contributed by atoms with Crippen molar-refractivity contribution in [3.8, 4) is 0 Å². The number of benzene rings is 3. The van der Waals surface area contributed by atoms with Gasteiger partial charge in [-0.2, -0.15) is 0 Å². The molecule has 4 rings (SSSR count). The standard InChI is InChI=1S/C21H17N3O3/c25-20(16-6-2-1-3-7-16)21-22-18-8-4-5-9-19(18)23(21)14-15-10-12-17(13-11-15)24(26)27/h1-13,20,25H,14H2/t20-/m1/s1. The number of nitro groups is 1. The highest BCUT2D eigenvalue weighted by Crippen LogP contribution is 2.27. The minimum absolute atomic E-state index is 0.0544. The molecule has 0 aliphatic rings. The van der Waals surface area contributed by atoms with E-state index < -0.39 is 11.0 Å². The topological polar surface area (TPSA) is 81.2 Å². The highest BCUT2D eigenvalue weighted by atomic mass is 16.6. The van der Waals surface area contributed by atoms with Gasteiger partial charge in [0.25, 0.3) is 5.69 Å². The van der Waals surface area contributed by atoms with Gasteiger partial charge in [0.15, 0.2) is 0 Å². The van der Waals surface area contributed by atoms with Gasteiger partial charge in [0.05, 0.1) is 16.0 Å². The molecule has 0 amide bonds. The predicted octanol–water partition coefficient (Wildman–Crippen LogP) is 4.07. The number of nitro benzene ring substituents is 1. The van der Waals surface area contributed by atoms with Gasteiger partial charge in [-0.3, -0.25) is 10.1 Å². The number of hydrogen-bond donors (Lipinski definition) is 1. The van der Waals surface area contributed by atoms with Crippen molar-refractivity contribution in [2.75, 3.05) is 0 Å². The molecular formula is C21H17N3O3. The lowest BCUT2D eigenvalue weighted by Gasteiger charge is -2.14. The van der Waals surface area contributed by atoms with Gasteiger partial charge in [-0.25, -0.2) is 4.98 Å². The fourth-order valence-corrected chi connectivity index (χ4v) is 3.16. The average Bonchev–Trinajstić information content (AvgIpc) is 3.07. The summed E-state index contributed by atoms with van der Waals surface area (Å²) in [6.45, 7) is 0.456. The van der Waals surface area contributed by atoms with Gasteiger partial charge in [0, 0.05) is 18.7 Å². The highest BCUT2D eigenvalue weighted by molar-refractivity contribution is 5.76. The van der Waals surface area contributed by atoms with E-state index in [2.05, 4.69) is 4.98 Å². The van der Waals surface area contributed by atoms with Crippen molar-refractivity contribution in [2.24, 2.45) is 0 Å². The third-order valence-electron chi connectivity index (χ3n) is 4.53. The molecule has 1 N–H and O–H groups in total. The van der Waals surface area contributed by atoms with E-state index in [1.54, 1.807) is 12.1 Å². The van der Waals surface area contributed by atoms with Gasteiger partial charge >= 0.3 is 0 Å². The van der Waals surface area contributed by atoms with Gasteiger partial charge < -0.3 is 9.67 Å². The van der Waals surface area contributed by atoms with E-state index in [-0.39, 0.29) is 5.69 Å². The van der Waals surface area contributed by atoms with Crippen LogP contribution >= 0.6 is 0 Å². The molecule has 0 unspecified atom stereocenters. The summed E-state index contributed by atoms with van der Waals surface area (Å²) in [4.78, 5) is 15.1. The molecule has 27 heavy (non-hydrogen) atoms. The van der Waals surface area contributed by atoms with E-state index in [0.29, 0.717) is 12.4 Å². The lowest BCUT2D eigenvalue weighted by molar-refractivity contribution is -0.384. The lowest BCUT2D eigenvalue weighted by atomic mass is 10.1. The highest BCUT2D eigenvalue weighted by Gasteiger charge is 2.20. The van der Waals surface area contributed by atoms with Gasteiger partial charge in [-0.15, -0.1) is 0 Å². The Balaban J connectivity index is 1.77. The van der Waals surface area contributed by atoms with Crippen LogP contribution in [0.4, 0.5) is 5.69 Å². The Morgan fingerprint density at radius 1 is 0.963 bits per heavy atom. The molecule has 134 valence electrons. The van der Waals surface area contributed by atoms with Crippen molar-refractivity contribution in [1.82, 2.24) is 9.55 Å². The SMILES string of the molecule is O=[N+]([O-])c1ccc(Cn2c([C@H](O)c3ccccc3)nc3ccccc32)cc1. The number of rotatable bonds is 5. The van der Waals surface area contributed by atoms with Crippen LogP contribution in [0.5, 0.6) is 0 Å². The van der Waals surface area contributed by atoms with Gasteiger partial charge in [0.1, 0.15) is 11.9 Å². The molecule has 0 saturated carbocycles. The molecule has 6 heteroatoms. The van der Waals surface area contributed by atoms with Crippen molar-refractivity contribution < 1.29 is 10.0 Å². The second-order valence-electron chi connectivity index (χ2n) is 6.28. The number of aliphatic hydroxyl groups excluding tert-OH is 1. The lowest BCUT2D eigenvalue weighted by Crippen LogP contribution is -2.11. The normalized spacial score (nSPS) is 12.2. The Morgan fingerprint density at radius 2 is 1.63 bits per heavy atom. The number of fused-ring (bicyclic) bond motifs is 1. The third-order valence-corrected chi connectivity index (χ3v) is 4.53. The molecule has 1 aromatic heterocycles. The fraction of sp³-hybridized carbons (Fsp3) is 0.0952. The zero-order chi connectivity index (χ0) is 18.8. The Morgan fingerprint density at radius 3 is 2.33 bits per heavy atom. The zero-order valence-electron chi connectivity index (χ0n) is 14.4. The first-order valence-corrected chi connectivity index (χ1v) is 8.55. The molecule has 0 saturated heterocycles. The number of aromatic nitrogens is 2. The predicted molar refractivity (Wildman–Crippen MR) is 102 cm³/mol. The maximum absolute atomic E-state index is 10.9. The molecule has 0 aliphatic carbocycles. The second-order valence-corrected chi connectivity index (χ2v) is 6.28. The quantitative estimate of drug-likeness (QED) is 0.430. The maximum atomic E-state index is 10.9. The number of para-hydroxylation sites is 2. The second kappa shape index (κ2) is 7.01. The first-order valence-electron chi connectivity index (χ1n) is 8.55. The Kier molecular flexibility index (Phi) is 4.40. The van der Waals surface area contributed by atoms with Crippen molar-refractivity contribution in [1.29, 1.82) is 0 Å². The maximum Gasteiger partial charge on any atom is 0.269 e. The summed E-state index contributed by atoms with van der Waals surface area (Å²) in [7, 11) is 0. The molecule has 0 fully saturated rings. The van der Waals surface area contributed by atoms with E-state index in [0.717, 1.165) is 22.2 Å². The van der Waals surface area contributed by atoms with E-state index in [9.17, 15) is 15.2 Å². The summed E-state index contributed by atoms with van der Waals surface area (Å²) < 4.78 is 1.95. The van der Waals surface area contributed by atoms with Crippen LogP contribution in [-0.2, 0) is 6.54 Å². The van der Waals surface area contributed by atoms with E-state index in [1.165, 1.54) is 12.1 Å². The summed E-state index contributed by atoms with van der Waals surface area (Å²) in [5.41, 5.74) is 3.41. The first kappa shape index (κ1) is 16.9. The van der Waals surface area contributed by atoms with Crippen molar-refractivity contribution in [2.45, 2.75) is 12.6 Å². The summed E-state index contributed by atoms with van der Waals surface area (Å²) >= 11 is 0. The van der Waals surface area contributed by atoms with Crippen LogP contribution in [0.1, 0.15) is 23.1 Å². The molecular weight excluding hydrogens is 342 g/mol. The minimum Gasteiger partial charge on any atom is -0.380 e. The number of nitrogens with zero attached hydrogens (tertiary/aromatic N) is 3. The molecule has 0 aliphatic heterocycles. The van der Waals surface area contributed by atoms with Crippen LogP contribution in [0.15, 0.2) is 78.9 Å². The van der Waals surface area contributed by atoms with Crippen LogP contribution in [0.25, 0.3) is 11.0 Å². The summed E-state index contributed by atoms with van der Waals surface area (Å²) in [6, 6.07) is 23.5. The monoisotopic (exact) mass is 359 g/mol. The first-order chi connectivity index (χ1) is 13.1. The average molecular weight is 359 g/mol. The minimum atomic E-state index is -0.864. The molecule has 6 nitrogen and oxygen atoms in total. The van der Waals surface area contributed by atoms with Gasteiger partial charge in [-0.05, 0) is 23.3 Å². The van der Waals surface area contributed by atoms with Crippen molar-refractivity contribution in [3.05, 3.63) is 106 Å². The third kappa shape index (κ3) is 3.30. The number of aliphatic hydroxyl groups is 1. The Hall–Kier alpha value is -3.51. The number of non-ortho nitro benzene ring substituents is 1. The van der Waals surface area contributed by atoms with Crippen LogP contribution < -0.4 is 0 Å². The van der Waals surface area contributed by atoms with Crippen LogP contribution in [0.2, 0.25) is 0 Å². The smallest absolute Gasteiger partial charge is 0.269 e. The molecule has 0 bridgehead atoms. The van der Waals surface area contributed by atoms with Crippen LogP contribution in [0.3, 0.4) is 0 Å². The van der Waals surface area contributed by atoms with E-state index >= 15 is 0 Å². The van der Waals surface area contributed by atoms with Gasteiger partial charge in [-0.1, -0.05) is 54.6 Å². The molecule has 0 radical (unpaired) electrons. The van der Waals surface area contributed by atoms with Crippen LogP contribution in [-0.4, -0.2) is 19.6 Å². The van der Waals surface area contributed by atoms with Gasteiger partial charge in [0.2, 0.25) is 0 Å². The summed E-state index contributed by atoms with van der Waals surface area (Å²) in [5.74, 6) is 0.542. The molecule has 4 aromatic rings. The number of imidazole rings is 1. The summed E-state index contributed by atoms with van der Waals surface area (Å²) in [5, 5.41) is 21.8. The van der Waals surface area contributed by atoms with E-state index in [4.69, 9.17) is 0 Å². The van der Waals surface area contributed by atoms with E-state index in [1.807, 2.05) is 59.2 Å². The summed E-state index contributed by atoms with van der Waals surface area (Å²) in [6.07, 6.45) is -0.864. The van der Waals surface area contributed by atoms with Crippen molar-refractivity contribution in [3.63, 3.8) is 0 Å². The molecule has 3 aromatic carbocycles. The molecule has 1 heterocycles.